The first-order valence-electron chi connectivity index (χ1n) is 16.1. The average molecular weight is 643 g/mol. The molecule has 0 saturated carbocycles. The molecule has 1 unspecified atom stereocenters. The van der Waals surface area contributed by atoms with Crippen molar-refractivity contribution in [3.63, 3.8) is 0 Å². The number of allylic oxidation sites excluding steroid dienone is 2. The molecule has 3 aliphatic rings. The largest absolute Gasteiger partial charge is 0.491 e. The van der Waals surface area contributed by atoms with Crippen LogP contribution in [-0.2, 0) is 9.47 Å². The summed E-state index contributed by atoms with van der Waals surface area (Å²) in [6.07, 6.45) is 1.85. The van der Waals surface area contributed by atoms with Crippen molar-refractivity contribution in [3.8, 4) is 11.5 Å². The molecule has 8 rings (SSSR count). The lowest BCUT2D eigenvalue weighted by molar-refractivity contribution is 0.0399. The van der Waals surface area contributed by atoms with Crippen molar-refractivity contribution in [2.45, 2.75) is 24.4 Å². The Kier molecular flexibility index (Phi) is 8.49. The fourth-order valence-electron chi connectivity index (χ4n) is 7.06. The molecule has 0 radical (unpaired) electrons. The summed E-state index contributed by atoms with van der Waals surface area (Å²) in [6, 6.07) is 48.4. The third kappa shape index (κ3) is 5.59. The lowest BCUT2D eigenvalue weighted by atomic mass is 9.84. The molecule has 1 aliphatic carbocycles. The van der Waals surface area contributed by atoms with Gasteiger partial charge >= 0.3 is 0 Å². The van der Waals surface area contributed by atoms with Gasteiger partial charge in [0.15, 0.2) is 11.5 Å². The smallest absolute Gasteiger partial charge is 0.165 e. The highest BCUT2D eigenvalue weighted by molar-refractivity contribution is 7.80. The van der Waals surface area contributed by atoms with Crippen LogP contribution in [0.25, 0.3) is 0 Å². The van der Waals surface area contributed by atoms with Crippen LogP contribution < -0.4 is 36.0 Å². The second-order valence-corrected chi connectivity index (χ2v) is 16.3. The lowest BCUT2D eigenvalue weighted by Gasteiger charge is -2.43. The Morgan fingerprint density at radius 3 is 1.63 bits per heavy atom. The second kappa shape index (κ2) is 13.3. The fraction of sp³-hybridized carbons (Fsp3) is 0.200. The van der Waals surface area contributed by atoms with E-state index in [2.05, 4.69) is 133 Å². The van der Waals surface area contributed by atoms with Crippen LogP contribution in [0.4, 0.5) is 0 Å². The molecule has 0 N–H and O–H groups in total. The summed E-state index contributed by atoms with van der Waals surface area (Å²) in [4.78, 5) is 0. The van der Waals surface area contributed by atoms with E-state index in [1.54, 1.807) is 0 Å². The highest BCUT2D eigenvalue weighted by Gasteiger charge is 2.45. The van der Waals surface area contributed by atoms with Gasteiger partial charge < -0.3 is 18.9 Å². The number of rotatable bonds is 7. The maximum absolute atomic E-state index is 6.71. The van der Waals surface area contributed by atoms with Crippen LogP contribution >= 0.6 is 15.8 Å². The minimum absolute atomic E-state index is 0.0698. The van der Waals surface area contributed by atoms with Gasteiger partial charge in [-0.3, -0.25) is 0 Å². The van der Waals surface area contributed by atoms with Gasteiger partial charge in [0.25, 0.3) is 0 Å². The Balaban J connectivity index is 1.41. The molecule has 0 amide bonds. The van der Waals surface area contributed by atoms with Crippen molar-refractivity contribution in [1.82, 2.24) is 0 Å². The van der Waals surface area contributed by atoms with Crippen molar-refractivity contribution in [2.75, 3.05) is 26.4 Å². The molecule has 2 aliphatic heterocycles. The topological polar surface area (TPSA) is 36.9 Å². The summed E-state index contributed by atoms with van der Waals surface area (Å²) in [5, 5.41) is 6.63. The molecule has 230 valence electrons. The Labute approximate surface area is 273 Å². The number of benzene rings is 5. The summed E-state index contributed by atoms with van der Waals surface area (Å²) >= 11 is 0. The SMILES string of the molecule is c1ccc(P(c2ccccc2)c2ccc3c(c2C2C4=C(CC[C@H]2P(c2ccccc2)c2ccccc2)OCCO4)OCCO3)cc1. The maximum Gasteiger partial charge on any atom is 0.165 e. The van der Waals surface area contributed by atoms with E-state index in [0.29, 0.717) is 26.4 Å². The summed E-state index contributed by atoms with van der Waals surface area (Å²) in [7, 11) is -1.70. The van der Waals surface area contributed by atoms with Gasteiger partial charge in [0.2, 0.25) is 0 Å². The molecule has 5 aromatic carbocycles. The summed E-state index contributed by atoms with van der Waals surface area (Å²) in [5.74, 6) is 3.57. The quantitative estimate of drug-likeness (QED) is 0.182. The monoisotopic (exact) mass is 642 g/mol. The zero-order valence-corrected chi connectivity index (χ0v) is 27.4. The molecule has 0 fully saturated rings. The van der Waals surface area contributed by atoms with Gasteiger partial charge in [-0.05, 0) is 60.9 Å². The van der Waals surface area contributed by atoms with E-state index < -0.39 is 15.8 Å². The molecule has 0 spiro atoms. The number of ether oxygens (including phenoxy) is 4. The third-order valence-corrected chi connectivity index (χ3v) is 14.4. The first-order valence-corrected chi connectivity index (χ1v) is 18.8. The molecule has 6 heteroatoms. The highest BCUT2D eigenvalue weighted by Crippen LogP contribution is 2.58. The minimum atomic E-state index is -0.926. The summed E-state index contributed by atoms with van der Waals surface area (Å²) < 4.78 is 26.1. The van der Waals surface area contributed by atoms with Crippen LogP contribution in [0, 0.1) is 0 Å². The van der Waals surface area contributed by atoms with E-state index >= 15 is 0 Å². The molecular weight excluding hydrogens is 606 g/mol. The third-order valence-electron chi connectivity index (χ3n) is 8.93. The zero-order chi connectivity index (χ0) is 30.7. The predicted octanol–water partition coefficient (Wildman–Crippen LogP) is 6.85. The molecule has 2 heterocycles. The van der Waals surface area contributed by atoms with Crippen molar-refractivity contribution < 1.29 is 18.9 Å². The summed E-state index contributed by atoms with van der Waals surface area (Å²) in [6.45, 7) is 2.19. The van der Waals surface area contributed by atoms with Crippen LogP contribution in [0.1, 0.15) is 24.3 Å². The Morgan fingerprint density at radius 2 is 1.02 bits per heavy atom. The van der Waals surface area contributed by atoms with Gasteiger partial charge in [-0.1, -0.05) is 121 Å². The van der Waals surface area contributed by atoms with Crippen LogP contribution in [0.5, 0.6) is 11.5 Å². The first-order chi connectivity index (χ1) is 22.9. The standard InChI is InChI=1S/C40H36O4P2/c1-5-13-29(14-6-1)45(30-15-7-2-8-16-30)35-23-21-33-39(43-27-25-41-33)37(35)38-36(24-22-34-40(38)44-28-26-42-34)46(31-17-9-3-10-18-31)32-19-11-4-12-20-32/h1-21,23,36,38H,22,24-28H2/t36-,38?/m1/s1. The molecule has 46 heavy (non-hydrogen) atoms. The van der Waals surface area contributed by atoms with E-state index in [1.807, 2.05) is 0 Å². The molecule has 5 aromatic rings. The minimum Gasteiger partial charge on any atom is -0.491 e. The fourth-order valence-corrected chi connectivity index (χ4v) is 12.6. The van der Waals surface area contributed by atoms with E-state index in [1.165, 1.54) is 32.1 Å². The first kappa shape index (κ1) is 29.3. The van der Waals surface area contributed by atoms with Crippen LogP contribution in [0.15, 0.2) is 145 Å². The highest BCUT2D eigenvalue weighted by atomic mass is 31.1. The Morgan fingerprint density at radius 1 is 0.500 bits per heavy atom. The van der Waals surface area contributed by atoms with E-state index in [9.17, 15) is 0 Å². The Hall–Kier alpha value is -4.10. The van der Waals surface area contributed by atoms with E-state index in [4.69, 9.17) is 18.9 Å². The van der Waals surface area contributed by atoms with Crippen molar-refractivity contribution in [1.29, 1.82) is 0 Å². The number of hydrogen-bond donors (Lipinski definition) is 0. The number of hydrogen-bond acceptors (Lipinski definition) is 4. The van der Waals surface area contributed by atoms with Crippen LogP contribution in [0.2, 0.25) is 0 Å². The molecule has 0 saturated heterocycles. The molecule has 2 atom stereocenters. The molecular formula is C40H36O4P2. The van der Waals surface area contributed by atoms with Crippen molar-refractivity contribution in [3.05, 3.63) is 151 Å². The van der Waals surface area contributed by atoms with Gasteiger partial charge in [0.05, 0.1) is 5.92 Å². The van der Waals surface area contributed by atoms with E-state index in [0.717, 1.165) is 35.9 Å². The van der Waals surface area contributed by atoms with Crippen molar-refractivity contribution >= 4 is 42.4 Å². The second-order valence-electron chi connectivity index (χ2n) is 11.6. The van der Waals surface area contributed by atoms with Gasteiger partial charge in [0, 0.05) is 17.6 Å². The number of fused-ring (bicyclic) bond motifs is 1. The lowest BCUT2D eigenvalue weighted by Crippen LogP contribution is -2.38. The van der Waals surface area contributed by atoms with Gasteiger partial charge in [-0.2, -0.15) is 0 Å². The van der Waals surface area contributed by atoms with Gasteiger partial charge in [0.1, 0.15) is 37.9 Å². The maximum atomic E-state index is 6.71. The van der Waals surface area contributed by atoms with E-state index in [-0.39, 0.29) is 11.6 Å². The molecule has 4 nitrogen and oxygen atoms in total. The summed E-state index contributed by atoms with van der Waals surface area (Å²) in [5.41, 5.74) is 1.44. The molecule has 0 aromatic heterocycles. The van der Waals surface area contributed by atoms with Crippen LogP contribution in [0.3, 0.4) is 0 Å². The molecule has 0 bridgehead atoms. The average Bonchev–Trinajstić information content (AvgIpc) is 3.14. The van der Waals surface area contributed by atoms with Gasteiger partial charge in [-0.15, -0.1) is 0 Å². The van der Waals surface area contributed by atoms with Gasteiger partial charge in [-0.25, -0.2) is 0 Å². The van der Waals surface area contributed by atoms with Crippen molar-refractivity contribution in [2.24, 2.45) is 0 Å². The Bertz CT molecular complexity index is 1730. The predicted molar refractivity (Wildman–Crippen MR) is 190 cm³/mol. The normalized spacial score (nSPS) is 18.9. The zero-order valence-electron chi connectivity index (χ0n) is 25.6. The van der Waals surface area contributed by atoms with Crippen LogP contribution in [-0.4, -0.2) is 32.1 Å².